The quantitative estimate of drug-likeness (QED) is 0.217. The molecular weight excluding hydrogens is 520 g/mol. The smallest absolute Gasteiger partial charge is 0.0745 e. The predicted octanol–water partition coefficient (Wildman–Crippen LogP) is 11.5. The van der Waals surface area contributed by atoms with Crippen molar-refractivity contribution in [1.82, 2.24) is 0 Å². The lowest BCUT2D eigenvalue weighted by atomic mass is 9.88. The third-order valence-corrected chi connectivity index (χ3v) is 8.92. The topological polar surface area (TPSA) is 6.48 Å². The van der Waals surface area contributed by atoms with E-state index < -0.39 is 0 Å². The van der Waals surface area contributed by atoms with Crippen LogP contribution in [0.5, 0.6) is 0 Å². The highest BCUT2D eigenvalue weighted by molar-refractivity contribution is 6.13. The minimum atomic E-state index is 0.886. The average molecular weight is 549 g/mol. The largest absolute Gasteiger partial charge is 0.306 e. The van der Waals surface area contributed by atoms with Crippen molar-refractivity contribution in [2.24, 2.45) is 0 Å². The summed E-state index contributed by atoms with van der Waals surface area (Å²) in [6.45, 7) is 0. The molecular formula is C41H28N2. The molecule has 9 rings (SSSR count). The Bertz CT molecular complexity index is 2210. The molecule has 0 saturated heterocycles. The van der Waals surface area contributed by atoms with Crippen LogP contribution in [0.3, 0.4) is 0 Å². The van der Waals surface area contributed by atoms with Crippen molar-refractivity contribution >= 4 is 61.7 Å². The van der Waals surface area contributed by atoms with Crippen LogP contribution in [0.4, 0.5) is 34.1 Å². The number of para-hydroxylation sites is 1. The van der Waals surface area contributed by atoms with Crippen LogP contribution in [0.1, 0.15) is 11.1 Å². The third kappa shape index (κ3) is 3.67. The molecule has 1 aliphatic carbocycles. The number of benzene rings is 7. The first-order valence-electron chi connectivity index (χ1n) is 14.9. The van der Waals surface area contributed by atoms with Gasteiger partial charge in [-0.2, -0.15) is 0 Å². The van der Waals surface area contributed by atoms with E-state index in [0.717, 1.165) is 12.1 Å². The fraction of sp³-hybridized carbons (Fsp3) is 0.0244. The second kappa shape index (κ2) is 9.47. The highest BCUT2D eigenvalue weighted by Gasteiger charge is 2.35. The molecule has 0 N–H and O–H groups in total. The van der Waals surface area contributed by atoms with Gasteiger partial charge in [-0.3, -0.25) is 0 Å². The van der Waals surface area contributed by atoms with Gasteiger partial charge < -0.3 is 9.80 Å². The minimum Gasteiger partial charge on any atom is -0.306 e. The zero-order valence-corrected chi connectivity index (χ0v) is 23.6. The molecule has 1 aliphatic heterocycles. The van der Waals surface area contributed by atoms with Crippen LogP contribution < -0.4 is 9.80 Å². The Morgan fingerprint density at radius 1 is 0.465 bits per heavy atom. The number of rotatable bonds is 3. The molecule has 2 heteroatoms. The molecule has 0 radical (unpaired) electrons. The minimum absolute atomic E-state index is 0.886. The number of allylic oxidation sites excluding steroid dienone is 1. The van der Waals surface area contributed by atoms with Crippen molar-refractivity contribution in [2.75, 3.05) is 9.80 Å². The summed E-state index contributed by atoms with van der Waals surface area (Å²) in [4.78, 5) is 5.01. The summed E-state index contributed by atoms with van der Waals surface area (Å²) in [6.07, 6.45) is 5.48. The van der Waals surface area contributed by atoms with Crippen LogP contribution in [0.2, 0.25) is 0 Å². The summed E-state index contributed by atoms with van der Waals surface area (Å²) < 4.78 is 0. The van der Waals surface area contributed by atoms with Crippen molar-refractivity contribution in [3.8, 4) is 11.1 Å². The fourth-order valence-corrected chi connectivity index (χ4v) is 7.07. The lowest BCUT2D eigenvalue weighted by molar-refractivity contribution is 1.14. The number of fused-ring (bicyclic) bond motifs is 4. The van der Waals surface area contributed by atoms with Crippen LogP contribution in [0.15, 0.2) is 152 Å². The Kier molecular flexibility index (Phi) is 5.30. The van der Waals surface area contributed by atoms with E-state index in [-0.39, 0.29) is 0 Å². The Balaban J connectivity index is 1.43. The first-order chi connectivity index (χ1) is 21.3. The molecule has 0 spiro atoms. The molecule has 7 aromatic carbocycles. The molecule has 0 aromatic heterocycles. The second-order valence-corrected chi connectivity index (χ2v) is 11.3. The molecule has 7 aromatic rings. The summed E-state index contributed by atoms with van der Waals surface area (Å²) in [5.74, 6) is 0. The highest BCUT2D eigenvalue weighted by Crippen LogP contribution is 2.58. The van der Waals surface area contributed by atoms with Crippen molar-refractivity contribution < 1.29 is 0 Å². The Morgan fingerprint density at radius 3 is 2.09 bits per heavy atom. The van der Waals surface area contributed by atoms with Gasteiger partial charge >= 0.3 is 0 Å². The number of hydrogen-bond acceptors (Lipinski definition) is 2. The summed E-state index contributed by atoms with van der Waals surface area (Å²) in [7, 11) is 0. The van der Waals surface area contributed by atoms with Crippen molar-refractivity contribution in [3.63, 3.8) is 0 Å². The Morgan fingerprint density at radius 2 is 1.21 bits per heavy atom. The van der Waals surface area contributed by atoms with Crippen molar-refractivity contribution in [3.05, 3.63) is 163 Å². The van der Waals surface area contributed by atoms with Crippen LogP contribution >= 0.6 is 0 Å². The van der Waals surface area contributed by atoms with E-state index in [4.69, 9.17) is 0 Å². The maximum atomic E-state index is 2.50. The van der Waals surface area contributed by atoms with Gasteiger partial charge in [0.25, 0.3) is 0 Å². The Labute approximate surface area is 251 Å². The lowest BCUT2D eigenvalue weighted by Crippen LogP contribution is -2.26. The molecule has 2 aliphatic rings. The SMILES string of the molecule is C1=Cc2cccc3cc4c(c(c23)C1)N(c1ccccc1)c1cc(-c2ccccc2)ccc1N4c1cccc2ccccc12. The molecule has 2 nitrogen and oxygen atoms in total. The molecule has 43 heavy (non-hydrogen) atoms. The zero-order valence-electron chi connectivity index (χ0n) is 23.6. The molecule has 0 bridgehead atoms. The molecule has 0 atom stereocenters. The van der Waals surface area contributed by atoms with Crippen LogP contribution in [-0.4, -0.2) is 0 Å². The summed E-state index contributed by atoms with van der Waals surface area (Å²) in [5.41, 5.74) is 12.2. The third-order valence-electron chi connectivity index (χ3n) is 8.92. The van der Waals surface area contributed by atoms with E-state index in [1.165, 1.54) is 72.2 Å². The second-order valence-electron chi connectivity index (χ2n) is 11.3. The predicted molar refractivity (Wildman–Crippen MR) is 183 cm³/mol. The van der Waals surface area contributed by atoms with Gasteiger partial charge in [0.2, 0.25) is 0 Å². The zero-order chi connectivity index (χ0) is 28.3. The summed E-state index contributed by atoms with van der Waals surface area (Å²) in [5, 5.41) is 5.11. The van der Waals surface area contributed by atoms with Gasteiger partial charge in [-0.15, -0.1) is 0 Å². The van der Waals surface area contributed by atoms with E-state index >= 15 is 0 Å². The van der Waals surface area contributed by atoms with E-state index in [0.29, 0.717) is 0 Å². The van der Waals surface area contributed by atoms with Gasteiger partial charge in [0.1, 0.15) is 0 Å². The van der Waals surface area contributed by atoms with Crippen molar-refractivity contribution in [1.29, 1.82) is 0 Å². The molecule has 1 heterocycles. The maximum absolute atomic E-state index is 2.50. The van der Waals surface area contributed by atoms with E-state index in [1.54, 1.807) is 0 Å². The van der Waals surface area contributed by atoms with Gasteiger partial charge in [-0.1, -0.05) is 121 Å². The summed E-state index contributed by atoms with van der Waals surface area (Å²) >= 11 is 0. The van der Waals surface area contributed by atoms with E-state index in [9.17, 15) is 0 Å². The van der Waals surface area contributed by atoms with E-state index in [1.807, 2.05) is 0 Å². The fourth-order valence-electron chi connectivity index (χ4n) is 7.07. The number of hydrogen-bond donors (Lipinski definition) is 0. The summed E-state index contributed by atoms with van der Waals surface area (Å²) in [6, 6.07) is 53.0. The Hall–Kier alpha value is -5.60. The first kappa shape index (κ1) is 24.0. The molecule has 202 valence electrons. The normalized spacial score (nSPS) is 13.3. The van der Waals surface area contributed by atoms with Gasteiger partial charge in [0.15, 0.2) is 0 Å². The molecule has 0 fully saturated rings. The van der Waals surface area contributed by atoms with Gasteiger partial charge in [0.05, 0.1) is 28.4 Å². The van der Waals surface area contributed by atoms with E-state index in [2.05, 4.69) is 168 Å². The first-order valence-corrected chi connectivity index (χ1v) is 14.9. The van der Waals surface area contributed by atoms with Gasteiger partial charge in [0, 0.05) is 11.1 Å². The lowest BCUT2D eigenvalue weighted by Gasteiger charge is -2.42. The highest BCUT2D eigenvalue weighted by atomic mass is 15.3. The monoisotopic (exact) mass is 548 g/mol. The maximum Gasteiger partial charge on any atom is 0.0745 e. The van der Waals surface area contributed by atoms with Crippen LogP contribution in [-0.2, 0) is 6.42 Å². The van der Waals surface area contributed by atoms with Crippen LogP contribution in [0, 0.1) is 0 Å². The molecule has 0 saturated carbocycles. The molecule has 0 amide bonds. The van der Waals surface area contributed by atoms with Crippen LogP contribution in [0.25, 0.3) is 38.7 Å². The molecule has 0 unspecified atom stereocenters. The standard InChI is InChI=1S/C41H28N2/c1-3-12-28(13-4-1)31-24-25-37-38(26-31)42(33-19-5-2-6-20-33)41-35-22-10-17-30-16-9-18-32(40(30)35)27-39(41)43(37)36-23-11-15-29-14-7-8-21-34(29)36/h1-21,23-27H,22H2. The number of anilines is 6. The van der Waals surface area contributed by atoms with Gasteiger partial charge in [-0.05, 0) is 81.2 Å². The number of nitrogens with zero attached hydrogens (tertiary/aromatic N) is 2. The average Bonchev–Trinajstić information content (AvgIpc) is 3.08. The van der Waals surface area contributed by atoms with Crippen molar-refractivity contribution in [2.45, 2.75) is 6.42 Å². The van der Waals surface area contributed by atoms with Gasteiger partial charge in [-0.25, -0.2) is 0 Å².